The first-order valence-electron chi connectivity index (χ1n) is 10.6. The van der Waals surface area contributed by atoms with Gasteiger partial charge in [-0.25, -0.2) is 4.98 Å². The van der Waals surface area contributed by atoms with Crippen LogP contribution in [0.15, 0.2) is 12.4 Å². The summed E-state index contributed by atoms with van der Waals surface area (Å²) in [7, 11) is 1.80. The standard InChI is InChI=1S/C21H27ClN6O2/c1-12-9-27-10-17(22)16-8-23-21(25-19(16)27)24-18-13(2)28(26-20(18)30-11-12)14-4-6-15(29-3)7-5-14/h8,10,12,14-15H,4-7,9,11H2,1-3H3,(H,23,24,25)/t12-,14?,15?/m0/s1. The quantitative estimate of drug-likeness (QED) is 0.645. The molecule has 2 aliphatic rings. The van der Waals surface area contributed by atoms with E-state index in [1.807, 2.05) is 6.20 Å². The molecular formula is C21H27ClN6O2. The Balaban J connectivity index is 1.53. The largest absolute Gasteiger partial charge is 0.475 e. The minimum atomic E-state index is 0.267. The van der Waals surface area contributed by atoms with E-state index in [1.165, 1.54) is 0 Å². The van der Waals surface area contributed by atoms with Crippen molar-refractivity contribution in [2.24, 2.45) is 5.92 Å². The van der Waals surface area contributed by atoms with E-state index in [4.69, 9.17) is 31.2 Å². The van der Waals surface area contributed by atoms with E-state index in [2.05, 4.69) is 33.4 Å². The highest BCUT2D eigenvalue weighted by atomic mass is 35.5. The fourth-order valence-corrected chi connectivity index (χ4v) is 4.82. The van der Waals surface area contributed by atoms with Crippen LogP contribution >= 0.6 is 11.6 Å². The number of ether oxygens (including phenoxy) is 2. The Morgan fingerprint density at radius 3 is 2.83 bits per heavy atom. The number of methoxy groups -OCH3 is 1. The van der Waals surface area contributed by atoms with Crippen LogP contribution in [0.1, 0.15) is 44.3 Å². The molecule has 0 spiro atoms. The third kappa shape index (κ3) is 3.41. The third-order valence-electron chi connectivity index (χ3n) is 6.26. The van der Waals surface area contributed by atoms with Crippen LogP contribution in [-0.2, 0) is 11.3 Å². The van der Waals surface area contributed by atoms with Crippen LogP contribution in [0.25, 0.3) is 11.0 Å². The van der Waals surface area contributed by atoms with Crippen LogP contribution in [0.2, 0.25) is 5.02 Å². The second-order valence-electron chi connectivity index (χ2n) is 8.48. The lowest BCUT2D eigenvalue weighted by Crippen LogP contribution is -2.24. The molecule has 1 N–H and O–H groups in total. The molecular weight excluding hydrogens is 404 g/mol. The number of anilines is 2. The van der Waals surface area contributed by atoms with Crippen LogP contribution in [0.4, 0.5) is 11.6 Å². The van der Waals surface area contributed by atoms with Crippen molar-refractivity contribution in [3.8, 4) is 5.88 Å². The molecule has 1 atom stereocenters. The Morgan fingerprint density at radius 2 is 2.07 bits per heavy atom. The Kier molecular flexibility index (Phi) is 5.06. The first kappa shape index (κ1) is 19.6. The normalized spacial score (nSPS) is 24.2. The van der Waals surface area contributed by atoms with Gasteiger partial charge in [0.1, 0.15) is 11.3 Å². The number of nitrogens with one attached hydrogen (secondary N) is 1. The van der Waals surface area contributed by atoms with Gasteiger partial charge in [0.2, 0.25) is 5.95 Å². The number of hydrogen-bond acceptors (Lipinski definition) is 6. The van der Waals surface area contributed by atoms with Gasteiger partial charge in [0.05, 0.1) is 34.9 Å². The van der Waals surface area contributed by atoms with E-state index >= 15 is 0 Å². The number of rotatable bonds is 2. The number of nitrogens with zero attached hydrogens (tertiary/aromatic N) is 5. The SMILES string of the molecule is COC1CCC(n2nc3c(c2C)Nc2ncc4c(Cl)cn(c4n2)C[C@H](C)CO3)CC1. The Bertz CT molecular complexity index is 1070. The molecule has 30 heavy (non-hydrogen) atoms. The van der Waals surface area contributed by atoms with Gasteiger partial charge in [-0.1, -0.05) is 18.5 Å². The number of halogens is 1. The molecule has 0 radical (unpaired) electrons. The molecule has 1 fully saturated rings. The molecule has 1 aliphatic heterocycles. The fourth-order valence-electron chi connectivity index (χ4n) is 4.57. The molecule has 5 rings (SSSR count). The van der Waals surface area contributed by atoms with Gasteiger partial charge in [-0.2, -0.15) is 4.98 Å². The molecule has 8 nitrogen and oxygen atoms in total. The zero-order chi connectivity index (χ0) is 20.8. The lowest BCUT2D eigenvalue weighted by atomic mass is 9.93. The molecule has 0 saturated heterocycles. The molecule has 0 amide bonds. The summed E-state index contributed by atoms with van der Waals surface area (Å²) in [6, 6.07) is 0.346. The van der Waals surface area contributed by atoms with Gasteiger partial charge in [0.15, 0.2) is 0 Å². The van der Waals surface area contributed by atoms with E-state index in [9.17, 15) is 0 Å². The second kappa shape index (κ2) is 7.74. The monoisotopic (exact) mass is 430 g/mol. The third-order valence-corrected chi connectivity index (χ3v) is 6.56. The molecule has 3 aromatic rings. The maximum atomic E-state index is 6.39. The maximum absolute atomic E-state index is 6.39. The van der Waals surface area contributed by atoms with Crippen LogP contribution in [0.5, 0.6) is 5.88 Å². The number of hydrogen-bond donors (Lipinski definition) is 1. The lowest BCUT2D eigenvalue weighted by Gasteiger charge is -2.28. The molecule has 1 aliphatic carbocycles. The molecule has 160 valence electrons. The highest BCUT2D eigenvalue weighted by molar-refractivity contribution is 6.35. The van der Waals surface area contributed by atoms with Crippen molar-refractivity contribution in [1.29, 1.82) is 0 Å². The van der Waals surface area contributed by atoms with E-state index < -0.39 is 0 Å². The first-order valence-corrected chi connectivity index (χ1v) is 10.9. The van der Waals surface area contributed by atoms with Gasteiger partial charge in [0, 0.05) is 32.0 Å². The highest BCUT2D eigenvalue weighted by Crippen LogP contribution is 2.37. The molecule has 9 heteroatoms. The van der Waals surface area contributed by atoms with Crippen LogP contribution in [0.3, 0.4) is 0 Å². The Labute approximate surface area is 180 Å². The first-order chi connectivity index (χ1) is 14.5. The van der Waals surface area contributed by atoms with Gasteiger partial charge < -0.3 is 19.4 Å². The van der Waals surface area contributed by atoms with Crippen molar-refractivity contribution in [1.82, 2.24) is 24.3 Å². The summed E-state index contributed by atoms with van der Waals surface area (Å²) in [5.74, 6) is 1.40. The lowest BCUT2D eigenvalue weighted by molar-refractivity contribution is 0.0563. The van der Waals surface area contributed by atoms with Crippen molar-refractivity contribution >= 4 is 34.3 Å². The van der Waals surface area contributed by atoms with Gasteiger partial charge in [-0.15, -0.1) is 5.10 Å². The average molecular weight is 431 g/mol. The van der Waals surface area contributed by atoms with Gasteiger partial charge in [-0.05, 0) is 32.6 Å². The average Bonchev–Trinajstić information content (AvgIpc) is 3.22. The maximum Gasteiger partial charge on any atom is 0.257 e. The van der Waals surface area contributed by atoms with E-state index in [0.717, 1.165) is 54.6 Å². The fraction of sp³-hybridized carbons (Fsp3) is 0.571. The van der Waals surface area contributed by atoms with Gasteiger partial charge in [-0.3, -0.25) is 4.68 Å². The van der Waals surface area contributed by atoms with E-state index in [-0.39, 0.29) is 5.92 Å². The summed E-state index contributed by atoms with van der Waals surface area (Å²) in [5, 5.41) is 9.74. The van der Waals surface area contributed by atoms with Gasteiger partial charge >= 0.3 is 0 Å². The topological polar surface area (TPSA) is 79.0 Å². The molecule has 1 saturated carbocycles. The predicted molar refractivity (Wildman–Crippen MR) is 116 cm³/mol. The van der Waals surface area contributed by atoms with Crippen molar-refractivity contribution in [2.45, 2.75) is 58.2 Å². The minimum Gasteiger partial charge on any atom is -0.475 e. The summed E-state index contributed by atoms with van der Waals surface area (Å²) in [5.41, 5.74) is 2.70. The minimum absolute atomic E-state index is 0.267. The summed E-state index contributed by atoms with van der Waals surface area (Å²) < 4.78 is 15.9. The Morgan fingerprint density at radius 1 is 1.27 bits per heavy atom. The summed E-state index contributed by atoms with van der Waals surface area (Å²) in [6.07, 6.45) is 8.24. The van der Waals surface area contributed by atoms with E-state index in [1.54, 1.807) is 13.3 Å². The molecule has 2 bridgehead atoms. The predicted octanol–water partition coefficient (Wildman–Crippen LogP) is 4.49. The molecule has 3 aromatic heterocycles. The van der Waals surface area contributed by atoms with E-state index in [0.29, 0.717) is 35.6 Å². The highest BCUT2D eigenvalue weighted by Gasteiger charge is 2.28. The zero-order valence-corrected chi connectivity index (χ0v) is 18.3. The van der Waals surface area contributed by atoms with Gasteiger partial charge in [0.25, 0.3) is 5.88 Å². The number of aromatic nitrogens is 5. The van der Waals surface area contributed by atoms with Crippen LogP contribution in [-0.4, -0.2) is 44.1 Å². The summed E-state index contributed by atoms with van der Waals surface area (Å²) in [4.78, 5) is 9.22. The van der Waals surface area contributed by atoms with Crippen LogP contribution < -0.4 is 10.1 Å². The van der Waals surface area contributed by atoms with Crippen molar-refractivity contribution < 1.29 is 9.47 Å². The number of fused-ring (bicyclic) bond motifs is 2. The van der Waals surface area contributed by atoms with Crippen molar-refractivity contribution in [3.05, 3.63) is 23.1 Å². The second-order valence-corrected chi connectivity index (χ2v) is 8.89. The Hall–Kier alpha value is -2.32. The smallest absolute Gasteiger partial charge is 0.257 e. The van der Waals surface area contributed by atoms with Crippen molar-refractivity contribution in [2.75, 3.05) is 19.0 Å². The van der Waals surface area contributed by atoms with Crippen LogP contribution in [0, 0.1) is 12.8 Å². The molecule has 0 aromatic carbocycles. The summed E-state index contributed by atoms with van der Waals surface area (Å²) in [6.45, 7) is 5.55. The molecule has 0 unspecified atom stereocenters. The summed E-state index contributed by atoms with van der Waals surface area (Å²) >= 11 is 6.39. The van der Waals surface area contributed by atoms with Crippen molar-refractivity contribution in [3.63, 3.8) is 0 Å². The zero-order valence-electron chi connectivity index (χ0n) is 17.6. The molecule has 4 heterocycles.